The first kappa shape index (κ1) is 18.4. The highest BCUT2D eigenvalue weighted by molar-refractivity contribution is 5.92. The molecule has 0 saturated carbocycles. The molecule has 0 spiro atoms. The molecule has 1 N–H and O–H groups in total. The molecule has 0 aliphatic heterocycles. The number of hydrogen-bond acceptors (Lipinski definition) is 7. The molecule has 0 atom stereocenters. The van der Waals surface area contributed by atoms with Crippen LogP contribution in [0.15, 0.2) is 50.0 Å². The number of rotatable bonds is 6. The number of aryl methyl sites for hydroxylation is 2. The van der Waals surface area contributed by atoms with Gasteiger partial charge in [-0.1, -0.05) is 0 Å². The molecule has 0 fully saturated rings. The number of nitrogens with zero attached hydrogens (tertiary/aromatic N) is 3. The van der Waals surface area contributed by atoms with Crippen molar-refractivity contribution in [1.29, 1.82) is 0 Å². The number of hydrogen-bond donors (Lipinski definition) is 1. The van der Waals surface area contributed by atoms with E-state index in [2.05, 4.69) is 10.3 Å². The van der Waals surface area contributed by atoms with Crippen LogP contribution in [0.4, 0.5) is 11.4 Å². The fourth-order valence-electron chi connectivity index (χ4n) is 3.12. The van der Waals surface area contributed by atoms with Crippen LogP contribution < -0.4 is 11.1 Å². The van der Waals surface area contributed by atoms with E-state index in [-0.39, 0.29) is 30.1 Å². The van der Waals surface area contributed by atoms with Crippen molar-refractivity contribution >= 4 is 39.5 Å². The molecule has 0 saturated heterocycles. The van der Waals surface area contributed by atoms with Crippen LogP contribution in [0.1, 0.15) is 18.7 Å². The third-order valence-corrected chi connectivity index (χ3v) is 4.43. The van der Waals surface area contributed by atoms with Crippen LogP contribution in [-0.2, 0) is 11.3 Å². The molecule has 148 valence electrons. The number of nitrogens with one attached hydrogen (secondary N) is 1. The predicted molar refractivity (Wildman–Crippen MR) is 104 cm³/mol. The van der Waals surface area contributed by atoms with Crippen molar-refractivity contribution in [2.75, 3.05) is 5.32 Å². The Morgan fingerprint density at radius 1 is 1.21 bits per heavy atom. The molecule has 0 bridgehead atoms. The molecule has 2 aromatic heterocycles. The third kappa shape index (κ3) is 3.72. The van der Waals surface area contributed by atoms with Crippen LogP contribution in [0.2, 0.25) is 0 Å². The van der Waals surface area contributed by atoms with Crippen LogP contribution in [0.3, 0.4) is 0 Å². The Kier molecular flexibility index (Phi) is 4.59. The van der Waals surface area contributed by atoms with Gasteiger partial charge in [-0.15, -0.1) is 0 Å². The summed E-state index contributed by atoms with van der Waals surface area (Å²) in [5, 5.41) is 13.6. The van der Waals surface area contributed by atoms with Gasteiger partial charge in [0.25, 0.3) is 5.69 Å². The van der Waals surface area contributed by atoms with Gasteiger partial charge in [0.1, 0.15) is 5.52 Å². The van der Waals surface area contributed by atoms with Gasteiger partial charge in [0, 0.05) is 31.6 Å². The summed E-state index contributed by atoms with van der Waals surface area (Å²) in [6, 6.07) is 9.18. The smallest absolute Gasteiger partial charge is 0.419 e. The number of fused-ring (bicyclic) bond motifs is 2. The summed E-state index contributed by atoms with van der Waals surface area (Å²) < 4.78 is 11.8. The average molecular weight is 396 g/mol. The Morgan fingerprint density at radius 3 is 2.83 bits per heavy atom. The molecule has 2 aromatic carbocycles. The number of aromatic nitrogens is 2. The molecule has 10 nitrogen and oxygen atoms in total. The first-order valence-corrected chi connectivity index (χ1v) is 8.85. The lowest BCUT2D eigenvalue weighted by molar-refractivity contribution is -0.384. The Bertz CT molecular complexity index is 1300. The highest BCUT2D eigenvalue weighted by atomic mass is 16.6. The minimum Gasteiger partial charge on any atom is -0.441 e. The van der Waals surface area contributed by atoms with E-state index in [1.807, 2.05) is 0 Å². The molecule has 29 heavy (non-hydrogen) atoms. The third-order valence-electron chi connectivity index (χ3n) is 4.43. The minimum absolute atomic E-state index is 0.143. The lowest BCUT2D eigenvalue weighted by Crippen LogP contribution is -2.17. The summed E-state index contributed by atoms with van der Waals surface area (Å²) in [7, 11) is 0. The van der Waals surface area contributed by atoms with E-state index in [9.17, 15) is 19.7 Å². The van der Waals surface area contributed by atoms with Gasteiger partial charge in [0.2, 0.25) is 5.91 Å². The first-order chi connectivity index (χ1) is 13.9. The standard InChI is InChI=1S/C19H16N4O6/c1-11-20-14-9-12(4-7-16(14)28-11)21-18(24)3-2-8-22-15-6-5-13(23(26)27)10-17(15)29-19(22)25/h4-7,9-10H,2-3,8H2,1H3,(H,21,24). The molecule has 1 amide bonds. The predicted octanol–water partition coefficient (Wildman–Crippen LogP) is 3.37. The number of carbonyl (C=O) groups excluding carboxylic acids is 1. The van der Waals surface area contributed by atoms with Gasteiger partial charge in [-0.05, 0) is 30.7 Å². The summed E-state index contributed by atoms with van der Waals surface area (Å²) in [5.41, 5.74) is 2.35. The van der Waals surface area contributed by atoms with Gasteiger partial charge in [-0.25, -0.2) is 9.78 Å². The van der Waals surface area contributed by atoms with Gasteiger partial charge in [0.05, 0.1) is 16.5 Å². The quantitative estimate of drug-likeness (QED) is 0.390. The SMILES string of the molecule is Cc1nc2cc(NC(=O)CCCn3c(=O)oc4cc([N+](=O)[O-])ccc43)ccc2o1. The normalized spacial score (nSPS) is 11.2. The number of carbonyl (C=O) groups is 1. The first-order valence-electron chi connectivity index (χ1n) is 8.85. The van der Waals surface area contributed by atoms with E-state index >= 15 is 0 Å². The number of amides is 1. The maximum absolute atomic E-state index is 12.2. The monoisotopic (exact) mass is 396 g/mol. The maximum atomic E-state index is 12.2. The highest BCUT2D eigenvalue weighted by Crippen LogP contribution is 2.21. The van der Waals surface area contributed by atoms with Crippen molar-refractivity contribution in [3.8, 4) is 0 Å². The van der Waals surface area contributed by atoms with Crippen molar-refractivity contribution < 1.29 is 18.6 Å². The molecule has 0 unspecified atom stereocenters. The zero-order valence-electron chi connectivity index (χ0n) is 15.4. The summed E-state index contributed by atoms with van der Waals surface area (Å²) in [6.07, 6.45) is 0.574. The second kappa shape index (κ2) is 7.23. The number of oxazole rings is 2. The molecule has 10 heteroatoms. The molecule has 2 heterocycles. The summed E-state index contributed by atoms with van der Waals surface area (Å²) in [6.45, 7) is 2.00. The van der Waals surface area contributed by atoms with Crippen molar-refractivity contribution in [2.24, 2.45) is 0 Å². The molecule has 0 aliphatic carbocycles. The molecule has 4 aromatic rings. The number of anilines is 1. The van der Waals surface area contributed by atoms with Crippen LogP contribution in [0, 0.1) is 17.0 Å². The lowest BCUT2D eigenvalue weighted by atomic mass is 10.2. The van der Waals surface area contributed by atoms with E-state index in [0.717, 1.165) is 0 Å². The Hall–Kier alpha value is -3.95. The zero-order valence-corrected chi connectivity index (χ0v) is 15.4. The fraction of sp³-hybridized carbons (Fsp3) is 0.211. The second-order valence-electron chi connectivity index (χ2n) is 6.50. The van der Waals surface area contributed by atoms with E-state index in [4.69, 9.17) is 8.83 Å². The maximum Gasteiger partial charge on any atom is 0.419 e. The van der Waals surface area contributed by atoms with Gasteiger partial charge in [-0.3, -0.25) is 19.5 Å². The van der Waals surface area contributed by atoms with Gasteiger partial charge in [-0.2, -0.15) is 0 Å². The number of nitro groups is 1. The number of non-ortho nitro benzene ring substituents is 1. The molecule has 0 radical (unpaired) electrons. The van der Waals surface area contributed by atoms with Crippen LogP contribution >= 0.6 is 0 Å². The van der Waals surface area contributed by atoms with Crippen LogP contribution in [0.25, 0.3) is 22.2 Å². The lowest BCUT2D eigenvalue weighted by Gasteiger charge is -2.05. The molecule has 4 rings (SSSR count). The topological polar surface area (TPSA) is 133 Å². The molecule has 0 aliphatic rings. The van der Waals surface area contributed by atoms with Crippen molar-refractivity contribution in [2.45, 2.75) is 26.3 Å². The van der Waals surface area contributed by atoms with E-state index in [1.165, 1.54) is 22.8 Å². The number of nitro benzene ring substituents is 1. The zero-order chi connectivity index (χ0) is 20.5. The van der Waals surface area contributed by atoms with Crippen molar-refractivity contribution in [3.05, 3.63) is 63.0 Å². The highest BCUT2D eigenvalue weighted by Gasteiger charge is 2.14. The van der Waals surface area contributed by atoms with Gasteiger partial charge < -0.3 is 14.2 Å². The Balaban J connectivity index is 1.40. The molecular weight excluding hydrogens is 380 g/mol. The molecular formula is C19H16N4O6. The second-order valence-corrected chi connectivity index (χ2v) is 6.50. The van der Waals surface area contributed by atoms with Crippen molar-refractivity contribution in [1.82, 2.24) is 9.55 Å². The van der Waals surface area contributed by atoms with Crippen LogP contribution in [0.5, 0.6) is 0 Å². The van der Waals surface area contributed by atoms with Crippen molar-refractivity contribution in [3.63, 3.8) is 0 Å². The largest absolute Gasteiger partial charge is 0.441 e. The average Bonchev–Trinajstić information content (AvgIpc) is 3.19. The Labute approximate surface area is 162 Å². The fourth-order valence-corrected chi connectivity index (χ4v) is 3.12. The van der Waals surface area contributed by atoms with E-state index in [0.29, 0.717) is 34.6 Å². The summed E-state index contributed by atoms with van der Waals surface area (Å²) in [4.78, 5) is 38.7. The van der Waals surface area contributed by atoms with Gasteiger partial charge >= 0.3 is 5.76 Å². The number of benzene rings is 2. The van der Waals surface area contributed by atoms with E-state index < -0.39 is 10.7 Å². The van der Waals surface area contributed by atoms with Gasteiger partial charge in [0.15, 0.2) is 17.1 Å². The summed E-state index contributed by atoms with van der Waals surface area (Å²) in [5.74, 6) is -0.277. The summed E-state index contributed by atoms with van der Waals surface area (Å²) >= 11 is 0. The van der Waals surface area contributed by atoms with Crippen LogP contribution in [-0.4, -0.2) is 20.4 Å². The van der Waals surface area contributed by atoms with E-state index in [1.54, 1.807) is 25.1 Å². The minimum atomic E-state index is -0.618. The Morgan fingerprint density at radius 2 is 2.03 bits per heavy atom.